The van der Waals surface area contributed by atoms with E-state index in [1.54, 1.807) is 0 Å². The molecule has 128 valence electrons. The van der Waals surface area contributed by atoms with Crippen molar-refractivity contribution in [1.29, 1.82) is 0 Å². The molecule has 0 saturated heterocycles. The van der Waals surface area contributed by atoms with Crippen LogP contribution in [0.15, 0.2) is 54.6 Å². The molecular weight excluding hydrogens is 304 g/mol. The van der Waals surface area contributed by atoms with E-state index >= 15 is 0 Å². The number of rotatable bonds is 7. The number of carbonyl (C=O) groups excluding carboxylic acids is 1. The first-order valence-electron chi connectivity index (χ1n) is 8.09. The third-order valence-electron chi connectivity index (χ3n) is 3.73. The molecule has 2 aromatic carbocycles. The number of hydrogen-bond donors (Lipinski definition) is 3. The molecule has 3 N–H and O–H groups in total. The molecule has 0 spiro atoms. The van der Waals surface area contributed by atoms with Gasteiger partial charge in [-0.15, -0.1) is 0 Å². The second kappa shape index (κ2) is 8.93. The quantitative estimate of drug-likeness (QED) is 0.731. The molecule has 0 bridgehead atoms. The number of aliphatic hydroxyl groups is 1. The predicted molar refractivity (Wildman–Crippen MR) is 94.0 cm³/mol. The summed E-state index contributed by atoms with van der Waals surface area (Å²) in [6.45, 7) is 4.31. The summed E-state index contributed by atoms with van der Waals surface area (Å²) in [7, 11) is 0. The van der Waals surface area contributed by atoms with Gasteiger partial charge in [0, 0.05) is 0 Å². The Hall–Kier alpha value is -2.53. The lowest BCUT2D eigenvalue weighted by Gasteiger charge is -2.20. The van der Waals surface area contributed by atoms with Crippen LogP contribution >= 0.6 is 0 Å². The third-order valence-corrected chi connectivity index (χ3v) is 3.73. The fraction of sp³-hybridized carbons (Fsp3) is 0.316. The minimum Gasteiger partial charge on any atom is -0.494 e. The maximum atomic E-state index is 12.2. The van der Waals surface area contributed by atoms with Crippen LogP contribution in [0.5, 0.6) is 5.75 Å². The van der Waals surface area contributed by atoms with Crippen molar-refractivity contribution in [2.75, 3.05) is 13.2 Å². The largest absolute Gasteiger partial charge is 0.494 e. The molecule has 2 rings (SSSR count). The molecule has 2 aromatic rings. The Bertz CT molecular complexity index is 629. The highest BCUT2D eigenvalue weighted by Crippen LogP contribution is 2.18. The molecule has 2 atom stereocenters. The zero-order valence-corrected chi connectivity index (χ0v) is 14.0. The molecule has 0 saturated carbocycles. The van der Waals surface area contributed by atoms with Crippen LogP contribution in [0.3, 0.4) is 0 Å². The van der Waals surface area contributed by atoms with Crippen LogP contribution in [0.2, 0.25) is 0 Å². The van der Waals surface area contributed by atoms with Crippen LogP contribution in [0.25, 0.3) is 0 Å². The summed E-state index contributed by atoms with van der Waals surface area (Å²) in [5, 5.41) is 15.2. The van der Waals surface area contributed by atoms with Crippen LogP contribution < -0.4 is 15.4 Å². The number of aliphatic hydroxyl groups excluding tert-OH is 1. The van der Waals surface area contributed by atoms with E-state index in [2.05, 4.69) is 10.6 Å². The Kier molecular flexibility index (Phi) is 6.63. The third kappa shape index (κ3) is 4.99. The second-order valence-electron chi connectivity index (χ2n) is 5.49. The van der Waals surface area contributed by atoms with E-state index in [1.165, 1.54) is 0 Å². The van der Waals surface area contributed by atoms with Gasteiger partial charge in [0.05, 0.1) is 25.3 Å². The Morgan fingerprint density at radius 1 is 1.04 bits per heavy atom. The van der Waals surface area contributed by atoms with Crippen molar-refractivity contribution < 1.29 is 14.6 Å². The number of ether oxygens (including phenoxy) is 1. The minimum absolute atomic E-state index is 0.157. The fourth-order valence-corrected chi connectivity index (χ4v) is 2.42. The average molecular weight is 328 g/mol. The highest BCUT2D eigenvalue weighted by atomic mass is 16.5. The van der Waals surface area contributed by atoms with Gasteiger partial charge in [-0.05, 0) is 37.1 Å². The molecular formula is C19H24N2O3. The number of benzene rings is 2. The maximum Gasteiger partial charge on any atom is 0.315 e. The van der Waals surface area contributed by atoms with Crippen molar-refractivity contribution in [3.05, 3.63) is 65.7 Å². The van der Waals surface area contributed by atoms with Crippen molar-refractivity contribution in [2.45, 2.75) is 25.9 Å². The summed E-state index contributed by atoms with van der Waals surface area (Å²) in [6.07, 6.45) is 0. The molecule has 0 aliphatic carbocycles. The lowest BCUT2D eigenvalue weighted by Crippen LogP contribution is -2.40. The van der Waals surface area contributed by atoms with Crippen molar-refractivity contribution in [3.63, 3.8) is 0 Å². The van der Waals surface area contributed by atoms with E-state index in [0.717, 1.165) is 16.9 Å². The van der Waals surface area contributed by atoms with Gasteiger partial charge in [0.2, 0.25) is 0 Å². The Morgan fingerprint density at radius 3 is 2.29 bits per heavy atom. The first-order valence-corrected chi connectivity index (χ1v) is 8.09. The fourth-order valence-electron chi connectivity index (χ4n) is 2.42. The smallest absolute Gasteiger partial charge is 0.315 e. The Labute approximate surface area is 142 Å². The molecule has 0 aromatic heterocycles. The maximum absolute atomic E-state index is 12.2. The standard InChI is InChI=1S/C19H24N2O3/c1-3-24-17-11-9-15(10-12-17)14(2)20-19(23)21-18(13-22)16-7-5-4-6-8-16/h4-12,14,18,22H,3,13H2,1-2H3,(H2,20,21,23)/t14?,18-/m1/s1. The lowest BCUT2D eigenvalue weighted by atomic mass is 10.1. The van der Waals surface area contributed by atoms with E-state index in [0.29, 0.717) is 6.61 Å². The van der Waals surface area contributed by atoms with Gasteiger partial charge in [-0.2, -0.15) is 0 Å². The minimum atomic E-state index is -0.432. The molecule has 2 amide bonds. The molecule has 1 unspecified atom stereocenters. The number of carbonyl (C=O) groups is 1. The first kappa shape index (κ1) is 17.8. The van der Waals surface area contributed by atoms with Crippen LogP contribution in [0, 0.1) is 0 Å². The van der Waals surface area contributed by atoms with Gasteiger partial charge in [0.1, 0.15) is 5.75 Å². The summed E-state index contributed by atoms with van der Waals surface area (Å²) in [6, 6.07) is 16.1. The predicted octanol–water partition coefficient (Wildman–Crippen LogP) is 3.18. The van der Waals surface area contributed by atoms with E-state index in [9.17, 15) is 9.90 Å². The van der Waals surface area contributed by atoms with Gasteiger partial charge >= 0.3 is 6.03 Å². The molecule has 0 aliphatic rings. The molecule has 5 nitrogen and oxygen atoms in total. The zero-order chi connectivity index (χ0) is 17.4. The van der Waals surface area contributed by atoms with Crippen molar-refractivity contribution in [3.8, 4) is 5.75 Å². The van der Waals surface area contributed by atoms with Gasteiger partial charge in [-0.25, -0.2) is 4.79 Å². The molecule has 0 aliphatic heterocycles. The van der Waals surface area contributed by atoms with E-state index in [1.807, 2.05) is 68.4 Å². The van der Waals surface area contributed by atoms with Gasteiger partial charge in [0.25, 0.3) is 0 Å². The van der Waals surface area contributed by atoms with E-state index < -0.39 is 6.04 Å². The highest BCUT2D eigenvalue weighted by molar-refractivity contribution is 5.75. The highest BCUT2D eigenvalue weighted by Gasteiger charge is 2.15. The Morgan fingerprint density at radius 2 is 1.71 bits per heavy atom. The molecule has 0 radical (unpaired) electrons. The van der Waals surface area contributed by atoms with Gasteiger partial charge in [-0.1, -0.05) is 42.5 Å². The van der Waals surface area contributed by atoms with Crippen molar-refractivity contribution >= 4 is 6.03 Å². The van der Waals surface area contributed by atoms with Crippen molar-refractivity contribution in [1.82, 2.24) is 10.6 Å². The summed E-state index contributed by atoms with van der Waals surface area (Å²) in [5.74, 6) is 0.808. The summed E-state index contributed by atoms with van der Waals surface area (Å²) >= 11 is 0. The van der Waals surface area contributed by atoms with Gasteiger partial charge < -0.3 is 20.5 Å². The normalized spacial score (nSPS) is 13.0. The first-order chi connectivity index (χ1) is 11.6. The van der Waals surface area contributed by atoms with Crippen LogP contribution in [-0.2, 0) is 0 Å². The van der Waals surface area contributed by atoms with Gasteiger partial charge in [-0.3, -0.25) is 0 Å². The number of nitrogens with one attached hydrogen (secondary N) is 2. The van der Waals surface area contributed by atoms with Crippen molar-refractivity contribution in [2.24, 2.45) is 0 Å². The number of amides is 2. The summed E-state index contributed by atoms with van der Waals surface area (Å²) in [5.41, 5.74) is 1.85. The lowest BCUT2D eigenvalue weighted by molar-refractivity contribution is 0.214. The van der Waals surface area contributed by atoms with Gasteiger partial charge in [0.15, 0.2) is 0 Å². The monoisotopic (exact) mass is 328 g/mol. The topological polar surface area (TPSA) is 70.6 Å². The molecule has 0 heterocycles. The molecule has 0 fully saturated rings. The second-order valence-corrected chi connectivity index (χ2v) is 5.49. The SMILES string of the molecule is CCOc1ccc(C(C)NC(=O)N[C@H](CO)c2ccccc2)cc1. The molecule has 5 heteroatoms. The summed E-state index contributed by atoms with van der Waals surface area (Å²) in [4.78, 5) is 12.2. The zero-order valence-electron chi connectivity index (χ0n) is 14.0. The Balaban J connectivity index is 1.93. The van der Waals surface area contributed by atoms with E-state index in [-0.39, 0.29) is 18.7 Å². The number of urea groups is 1. The molecule has 24 heavy (non-hydrogen) atoms. The number of hydrogen-bond acceptors (Lipinski definition) is 3. The van der Waals surface area contributed by atoms with Crippen LogP contribution in [0.4, 0.5) is 4.79 Å². The van der Waals surface area contributed by atoms with E-state index in [4.69, 9.17) is 4.74 Å². The van der Waals surface area contributed by atoms with Crippen LogP contribution in [0.1, 0.15) is 37.1 Å². The summed E-state index contributed by atoms with van der Waals surface area (Å²) < 4.78 is 5.41. The van der Waals surface area contributed by atoms with Crippen LogP contribution in [-0.4, -0.2) is 24.4 Å². The average Bonchev–Trinajstić information content (AvgIpc) is 2.61.